The van der Waals surface area contributed by atoms with Crippen LogP contribution in [-0.2, 0) is 14.8 Å². The fraction of sp³-hybridized carbons (Fsp3) is 0.364. The van der Waals surface area contributed by atoms with E-state index in [9.17, 15) is 35.2 Å². The third-order valence-electron chi connectivity index (χ3n) is 2.55. The summed E-state index contributed by atoms with van der Waals surface area (Å²) < 4.78 is 89.7. The van der Waals surface area contributed by atoms with Gasteiger partial charge in [-0.25, -0.2) is 21.9 Å². The van der Waals surface area contributed by atoms with E-state index in [1.165, 1.54) is 5.32 Å². The van der Waals surface area contributed by atoms with Crippen LogP contribution < -0.4 is 10.0 Å². The molecule has 1 aromatic carbocycles. The predicted molar refractivity (Wildman–Crippen MR) is 66.1 cm³/mol. The third-order valence-corrected chi connectivity index (χ3v) is 3.82. The van der Waals surface area contributed by atoms with Crippen LogP contribution in [0, 0.1) is 11.6 Å². The number of carbonyl (C=O) groups is 1. The van der Waals surface area contributed by atoms with Crippen molar-refractivity contribution in [2.24, 2.45) is 0 Å². The van der Waals surface area contributed by atoms with E-state index in [-0.39, 0.29) is 0 Å². The van der Waals surface area contributed by atoms with Gasteiger partial charge in [0, 0.05) is 0 Å². The van der Waals surface area contributed by atoms with E-state index in [2.05, 4.69) is 0 Å². The summed E-state index contributed by atoms with van der Waals surface area (Å²) in [6.07, 6.45) is -5.22. The first-order valence-corrected chi connectivity index (χ1v) is 7.34. The molecule has 22 heavy (non-hydrogen) atoms. The molecule has 0 radical (unpaired) electrons. The maximum atomic E-state index is 13.5. The molecule has 0 aliphatic rings. The van der Waals surface area contributed by atoms with Gasteiger partial charge in [-0.1, -0.05) is 6.07 Å². The summed E-state index contributed by atoms with van der Waals surface area (Å²) in [6, 6.07) is -0.968. The molecule has 2 N–H and O–H groups in total. The van der Waals surface area contributed by atoms with Gasteiger partial charge in [-0.3, -0.25) is 4.79 Å². The highest BCUT2D eigenvalue weighted by molar-refractivity contribution is 7.90. The lowest BCUT2D eigenvalue weighted by atomic mass is 10.0. The monoisotopic (exact) mass is 346 g/mol. The highest BCUT2D eigenvalue weighted by Gasteiger charge is 2.45. The first-order chi connectivity index (χ1) is 9.98. The van der Waals surface area contributed by atoms with Gasteiger partial charge < -0.3 is 5.32 Å². The number of alkyl halides is 3. The smallest absolute Gasteiger partial charge is 0.340 e. The zero-order valence-corrected chi connectivity index (χ0v) is 11.9. The van der Waals surface area contributed by atoms with E-state index in [0.29, 0.717) is 12.1 Å². The Morgan fingerprint density at radius 1 is 1.23 bits per heavy atom. The van der Waals surface area contributed by atoms with Crippen LogP contribution in [0.2, 0.25) is 0 Å². The standard InChI is InChI=1S/C11H11F5N2O3S/c1-17-22(20,21)5-8(19)18-10(11(14,15)16)9-6(12)3-2-4-7(9)13/h2-4,10,17H,5H2,1H3,(H,18,19). The van der Waals surface area contributed by atoms with Gasteiger partial charge >= 0.3 is 6.18 Å². The van der Waals surface area contributed by atoms with Crippen molar-refractivity contribution in [1.82, 2.24) is 10.0 Å². The fourth-order valence-electron chi connectivity index (χ4n) is 1.55. The zero-order valence-electron chi connectivity index (χ0n) is 11.0. The fourth-order valence-corrected chi connectivity index (χ4v) is 2.12. The highest BCUT2D eigenvalue weighted by Crippen LogP contribution is 2.35. The Kier molecular flexibility index (Phi) is 5.46. The number of hydrogen-bond acceptors (Lipinski definition) is 3. The molecule has 0 bridgehead atoms. The number of nitrogens with one attached hydrogen (secondary N) is 2. The van der Waals surface area contributed by atoms with Crippen molar-refractivity contribution in [3.63, 3.8) is 0 Å². The van der Waals surface area contributed by atoms with E-state index in [0.717, 1.165) is 13.1 Å². The Bertz CT molecular complexity index is 640. The number of halogens is 5. The Balaban J connectivity index is 3.14. The van der Waals surface area contributed by atoms with Gasteiger partial charge in [-0.15, -0.1) is 0 Å². The van der Waals surface area contributed by atoms with Crippen LogP contribution in [0.4, 0.5) is 22.0 Å². The molecule has 0 heterocycles. The van der Waals surface area contributed by atoms with Crippen LogP contribution in [0.5, 0.6) is 0 Å². The van der Waals surface area contributed by atoms with Crippen molar-refractivity contribution in [3.8, 4) is 0 Å². The second-order valence-electron chi connectivity index (χ2n) is 4.14. The molecule has 0 saturated carbocycles. The maximum absolute atomic E-state index is 13.5. The molecule has 0 aliphatic heterocycles. The molecule has 1 unspecified atom stereocenters. The van der Waals surface area contributed by atoms with Crippen molar-refractivity contribution >= 4 is 15.9 Å². The Morgan fingerprint density at radius 2 is 1.73 bits per heavy atom. The number of amides is 1. The van der Waals surface area contributed by atoms with Gasteiger partial charge in [0.15, 0.2) is 6.04 Å². The molecule has 1 rings (SSSR count). The van der Waals surface area contributed by atoms with Crippen LogP contribution in [0.3, 0.4) is 0 Å². The zero-order chi connectivity index (χ0) is 17.1. The van der Waals surface area contributed by atoms with Crippen LogP contribution in [0.1, 0.15) is 11.6 Å². The van der Waals surface area contributed by atoms with Crippen LogP contribution in [0.25, 0.3) is 0 Å². The normalized spacial score (nSPS) is 13.7. The highest BCUT2D eigenvalue weighted by atomic mass is 32.2. The Hall–Kier alpha value is -1.75. The molecule has 11 heteroatoms. The van der Waals surface area contributed by atoms with Gasteiger partial charge in [0.1, 0.15) is 17.4 Å². The molecule has 0 spiro atoms. The van der Waals surface area contributed by atoms with Crippen LogP contribution in [-0.4, -0.2) is 33.3 Å². The van der Waals surface area contributed by atoms with Gasteiger partial charge in [0.2, 0.25) is 15.9 Å². The van der Waals surface area contributed by atoms with Crippen molar-refractivity contribution in [2.45, 2.75) is 12.2 Å². The first kappa shape index (κ1) is 18.3. The number of carbonyl (C=O) groups excluding carboxylic acids is 1. The van der Waals surface area contributed by atoms with Gasteiger partial charge in [-0.05, 0) is 19.2 Å². The lowest BCUT2D eigenvalue weighted by Gasteiger charge is -2.22. The third kappa shape index (κ3) is 4.63. The van der Waals surface area contributed by atoms with E-state index in [1.807, 2.05) is 0 Å². The van der Waals surface area contributed by atoms with E-state index in [1.54, 1.807) is 4.72 Å². The van der Waals surface area contributed by atoms with Gasteiger partial charge in [0.05, 0.1) is 5.56 Å². The van der Waals surface area contributed by atoms with Crippen molar-refractivity contribution < 1.29 is 35.2 Å². The largest absolute Gasteiger partial charge is 0.413 e. The molecular formula is C11H11F5N2O3S. The molecule has 1 atom stereocenters. The number of benzene rings is 1. The minimum atomic E-state index is -5.22. The van der Waals surface area contributed by atoms with E-state index >= 15 is 0 Å². The summed E-state index contributed by atoms with van der Waals surface area (Å²) in [5.74, 6) is -5.90. The second-order valence-corrected chi connectivity index (χ2v) is 6.07. The van der Waals surface area contributed by atoms with E-state index in [4.69, 9.17) is 0 Å². The maximum Gasteiger partial charge on any atom is 0.413 e. The molecule has 5 nitrogen and oxygen atoms in total. The molecule has 0 aliphatic carbocycles. The molecular weight excluding hydrogens is 335 g/mol. The topological polar surface area (TPSA) is 75.3 Å². The molecule has 0 fully saturated rings. The molecule has 1 aromatic rings. The lowest BCUT2D eigenvalue weighted by Crippen LogP contribution is -2.43. The second kappa shape index (κ2) is 6.57. The van der Waals surface area contributed by atoms with Crippen LogP contribution >= 0.6 is 0 Å². The minimum Gasteiger partial charge on any atom is -0.340 e. The van der Waals surface area contributed by atoms with Gasteiger partial charge in [-0.2, -0.15) is 13.2 Å². The number of sulfonamides is 1. The summed E-state index contributed by atoms with van der Waals surface area (Å²) in [6.45, 7) is 0. The van der Waals surface area contributed by atoms with Crippen LogP contribution in [0.15, 0.2) is 18.2 Å². The summed E-state index contributed by atoms with van der Waals surface area (Å²) in [4.78, 5) is 11.4. The van der Waals surface area contributed by atoms with Gasteiger partial charge in [0.25, 0.3) is 0 Å². The van der Waals surface area contributed by atoms with Crippen molar-refractivity contribution in [3.05, 3.63) is 35.4 Å². The molecule has 0 aromatic heterocycles. The summed E-state index contributed by atoms with van der Waals surface area (Å²) in [5.41, 5.74) is -1.41. The average molecular weight is 346 g/mol. The summed E-state index contributed by atoms with van der Waals surface area (Å²) in [5, 5.41) is 1.28. The molecule has 124 valence electrons. The SMILES string of the molecule is CNS(=O)(=O)CC(=O)NC(c1c(F)cccc1F)C(F)(F)F. The van der Waals surface area contributed by atoms with Crippen molar-refractivity contribution in [1.29, 1.82) is 0 Å². The van der Waals surface area contributed by atoms with Crippen molar-refractivity contribution in [2.75, 3.05) is 12.8 Å². The Labute approximate surface area is 122 Å². The predicted octanol–water partition coefficient (Wildman–Crippen LogP) is 1.23. The minimum absolute atomic E-state index is 0.591. The molecule has 1 amide bonds. The summed E-state index contributed by atoms with van der Waals surface area (Å²) >= 11 is 0. The number of hydrogen-bond donors (Lipinski definition) is 2. The average Bonchev–Trinajstić information content (AvgIpc) is 2.35. The quantitative estimate of drug-likeness (QED) is 0.788. The lowest BCUT2D eigenvalue weighted by molar-refractivity contribution is -0.163. The number of rotatable bonds is 5. The first-order valence-electron chi connectivity index (χ1n) is 5.69. The summed E-state index contributed by atoms with van der Waals surface area (Å²) in [7, 11) is -3.17. The van der Waals surface area contributed by atoms with E-state index < -0.39 is 51.1 Å². The Morgan fingerprint density at radius 3 is 2.14 bits per heavy atom. The molecule has 0 saturated heterocycles.